The molecule has 1 aliphatic carbocycles. The molecule has 1 saturated carbocycles. The molecular weight excluding hydrogens is 694 g/mol. The van der Waals surface area contributed by atoms with Crippen LogP contribution in [0.15, 0.2) is 30.4 Å². The van der Waals surface area contributed by atoms with Gasteiger partial charge in [0, 0.05) is 32.0 Å². The van der Waals surface area contributed by atoms with Crippen molar-refractivity contribution in [1.82, 2.24) is 25.3 Å². The van der Waals surface area contributed by atoms with Crippen LogP contribution in [-0.2, 0) is 25.5 Å². The summed E-state index contributed by atoms with van der Waals surface area (Å²) < 4.78 is 17.3. The van der Waals surface area contributed by atoms with Crippen molar-refractivity contribution >= 4 is 24.1 Å². The molecule has 0 radical (unpaired) electrons. The molecule has 0 bridgehead atoms. The molecule has 298 valence electrons. The number of hydrogen-bond donors (Lipinski definition) is 4. The van der Waals surface area contributed by atoms with E-state index in [0.29, 0.717) is 32.4 Å². The highest BCUT2D eigenvalue weighted by atomic mass is 16.6. The number of rotatable bonds is 6. The molecule has 0 spiro atoms. The van der Waals surface area contributed by atoms with E-state index in [1.165, 1.54) is 6.42 Å². The van der Waals surface area contributed by atoms with Gasteiger partial charge >= 0.3 is 18.2 Å². The molecule has 4 N–H and O–H groups in total. The smallest absolute Gasteiger partial charge is 0.410 e. The van der Waals surface area contributed by atoms with Crippen LogP contribution in [0.4, 0.5) is 9.59 Å². The number of carboxylic acids is 1. The van der Waals surface area contributed by atoms with Crippen molar-refractivity contribution in [2.24, 2.45) is 5.92 Å². The molecule has 1 aromatic rings. The summed E-state index contributed by atoms with van der Waals surface area (Å²) in [5, 5.41) is 27.8. The van der Waals surface area contributed by atoms with Gasteiger partial charge in [-0.25, -0.2) is 14.4 Å². The Kier molecular flexibility index (Phi) is 12.4. The fourth-order valence-corrected chi connectivity index (χ4v) is 8.60. The molecule has 2 saturated heterocycles. The molecule has 1 aromatic carbocycles. The van der Waals surface area contributed by atoms with Crippen LogP contribution in [0.25, 0.3) is 0 Å². The molecule has 6 rings (SSSR count). The zero-order valence-corrected chi connectivity index (χ0v) is 32.3. The number of aliphatic carboxylic acids is 1. The molecule has 14 heteroatoms. The first-order valence-corrected chi connectivity index (χ1v) is 19.8. The number of carbonyl (C=O) groups is 4. The summed E-state index contributed by atoms with van der Waals surface area (Å²) in [4.78, 5) is 59.6. The van der Waals surface area contributed by atoms with Gasteiger partial charge < -0.3 is 40.0 Å². The number of amides is 3. The van der Waals surface area contributed by atoms with Gasteiger partial charge in [0.1, 0.15) is 29.2 Å². The number of nitrogens with one attached hydrogen (secondary N) is 2. The minimum Gasteiger partial charge on any atom is -0.497 e. The molecule has 4 heterocycles. The Hall–Kier alpha value is -3.88. The summed E-state index contributed by atoms with van der Waals surface area (Å²) in [6.07, 6.45) is 8.41. The van der Waals surface area contributed by atoms with Gasteiger partial charge in [-0.05, 0) is 102 Å². The van der Waals surface area contributed by atoms with Crippen molar-refractivity contribution in [1.29, 1.82) is 0 Å². The van der Waals surface area contributed by atoms with E-state index in [0.717, 1.165) is 62.1 Å². The van der Waals surface area contributed by atoms with E-state index in [1.54, 1.807) is 37.7 Å². The Morgan fingerprint density at radius 2 is 1.81 bits per heavy atom. The van der Waals surface area contributed by atoms with E-state index in [9.17, 15) is 29.4 Å². The van der Waals surface area contributed by atoms with Gasteiger partial charge in [0.15, 0.2) is 0 Å². The number of fused-ring (bicyclic) bond motifs is 3. The van der Waals surface area contributed by atoms with Crippen LogP contribution in [-0.4, -0.2) is 124 Å². The number of carbonyl (C=O) groups excluding carboxylic acids is 3. The minimum absolute atomic E-state index is 0.0132. The Bertz CT molecular complexity index is 1560. The molecule has 2 unspecified atom stereocenters. The van der Waals surface area contributed by atoms with Gasteiger partial charge in [-0.1, -0.05) is 37.5 Å². The lowest BCUT2D eigenvalue weighted by molar-refractivity contribution is -0.145. The zero-order chi connectivity index (χ0) is 38.6. The highest BCUT2D eigenvalue weighted by Crippen LogP contribution is 2.45. The molecule has 14 nitrogen and oxygen atoms in total. The number of ether oxygens (including phenoxy) is 3. The predicted octanol–water partition coefficient (Wildman–Crippen LogP) is 4.35. The highest BCUT2D eigenvalue weighted by molar-refractivity contribution is 5.93. The summed E-state index contributed by atoms with van der Waals surface area (Å²) in [5.41, 5.74) is -0.0218. The fraction of sp³-hybridized carbons (Fsp3) is 0.700. The van der Waals surface area contributed by atoms with Crippen LogP contribution < -0.4 is 15.4 Å². The third-order valence-electron chi connectivity index (χ3n) is 11.6. The number of carboxylic acid groups (broad SMARTS) is 1. The number of aliphatic hydroxyl groups is 1. The topological polar surface area (TPSA) is 170 Å². The van der Waals surface area contributed by atoms with Gasteiger partial charge in [0.2, 0.25) is 5.91 Å². The van der Waals surface area contributed by atoms with Gasteiger partial charge in [0.25, 0.3) is 0 Å². The second kappa shape index (κ2) is 16.9. The first kappa shape index (κ1) is 39.8. The second-order valence-electron chi connectivity index (χ2n) is 16.6. The lowest BCUT2D eigenvalue weighted by Crippen LogP contribution is -2.58. The third kappa shape index (κ3) is 9.31. The Morgan fingerprint density at radius 3 is 2.54 bits per heavy atom. The van der Waals surface area contributed by atoms with Crippen LogP contribution in [0.1, 0.15) is 102 Å². The zero-order valence-electron chi connectivity index (χ0n) is 32.3. The van der Waals surface area contributed by atoms with Gasteiger partial charge in [0.05, 0.1) is 25.2 Å². The van der Waals surface area contributed by atoms with Gasteiger partial charge in [-0.15, -0.1) is 0 Å². The number of piperidine rings is 1. The molecule has 3 fully saturated rings. The number of nitrogens with zero attached hydrogens (tertiary/aromatic N) is 3. The number of aliphatic hydroxyl groups excluding tert-OH is 1. The summed E-state index contributed by atoms with van der Waals surface area (Å²) in [5.74, 6) is -1.26. The van der Waals surface area contributed by atoms with Gasteiger partial charge in [-0.2, -0.15) is 0 Å². The number of likely N-dealkylation sites (tertiary alicyclic amines) is 1. The minimum atomic E-state index is -1.45. The highest BCUT2D eigenvalue weighted by Gasteiger charge is 2.61. The van der Waals surface area contributed by atoms with E-state index in [4.69, 9.17) is 14.2 Å². The number of benzene rings is 1. The summed E-state index contributed by atoms with van der Waals surface area (Å²) >= 11 is 0. The monoisotopic (exact) mass is 753 g/mol. The van der Waals surface area contributed by atoms with Crippen LogP contribution in [0.3, 0.4) is 0 Å². The van der Waals surface area contributed by atoms with E-state index in [2.05, 4.69) is 15.5 Å². The molecular formula is C40H59N5O9. The number of hydrogen-bond acceptors (Lipinski definition) is 10. The second-order valence-corrected chi connectivity index (χ2v) is 16.6. The molecule has 0 aromatic heterocycles. The van der Waals surface area contributed by atoms with Crippen LogP contribution >= 0.6 is 0 Å². The average Bonchev–Trinajstić information content (AvgIpc) is 3.67. The number of alkyl carbamates (subject to hydrolysis) is 1. The average molecular weight is 754 g/mol. The molecule has 54 heavy (non-hydrogen) atoms. The molecule has 7 atom stereocenters. The van der Waals surface area contributed by atoms with E-state index >= 15 is 0 Å². The van der Waals surface area contributed by atoms with E-state index in [-0.39, 0.29) is 31.3 Å². The Balaban J connectivity index is 1.24. The SMILES string of the molecule is COc1ccc2c(c1)CCN(C(=O)O[C@@H]1C[C@H]3C(=O)N[C@]4(C(=O)O)C[C@H]4/C=C\CCCCC[C@H](NC(=O)OC(C)(C)C)C(O)N3C1)C2CN1CCCCC1. The maximum atomic E-state index is 14.2. The fourth-order valence-electron chi connectivity index (χ4n) is 8.60. The molecule has 4 aliphatic heterocycles. The molecule has 3 amide bonds. The first-order valence-electron chi connectivity index (χ1n) is 19.8. The van der Waals surface area contributed by atoms with E-state index < -0.39 is 59.6 Å². The predicted molar refractivity (Wildman–Crippen MR) is 200 cm³/mol. The summed E-state index contributed by atoms with van der Waals surface area (Å²) in [6, 6.07) is 3.91. The molecule has 5 aliphatic rings. The number of methoxy groups -OCH3 is 1. The quantitative estimate of drug-likeness (QED) is 0.305. The normalized spacial score (nSPS) is 31.6. The van der Waals surface area contributed by atoms with Crippen LogP contribution in [0.2, 0.25) is 0 Å². The maximum absolute atomic E-state index is 14.2. The Labute approximate surface area is 318 Å². The van der Waals surface area contributed by atoms with Crippen molar-refractivity contribution < 1.29 is 43.6 Å². The van der Waals surface area contributed by atoms with Crippen molar-refractivity contribution in [2.75, 3.05) is 39.8 Å². The first-order chi connectivity index (χ1) is 25.8. The van der Waals surface area contributed by atoms with Crippen molar-refractivity contribution in [2.45, 2.75) is 133 Å². The van der Waals surface area contributed by atoms with Gasteiger partial charge in [-0.3, -0.25) is 14.6 Å². The standard InChI is InChI=1S/C40H59N5O9/c1-39(2,3)54-37(50)41-31-14-10-7-5-6-9-13-27-23-40(27,36(48)49)42-34(46)32-22-29(24-45(32)35(31)47)53-38(51)44-20-17-26-21-28(52-4)15-16-30(26)33(44)25-43-18-11-8-12-19-43/h9,13,15-16,21,27,29,31-33,35,47H,5-8,10-12,14,17-20,22-25H2,1-4H3,(H,41,50)(H,42,46)(H,48,49)/b13-9-/t27-,29-,31+,32+,33?,35?,40-/m1/s1. The number of allylic oxidation sites excluding steroid dienone is 1. The van der Waals surface area contributed by atoms with Crippen molar-refractivity contribution in [3.63, 3.8) is 0 Å². The summed E-state index contributed by atoms with van der Waals surface area (Å²) in [7, 11) is 1.64. The largest absolute Gasteiger partial charge is 0.497 e. The Morgan fingerprint density at radius 1 is 1.06 bits per heavy atom. The third-order valence-corrected chi connectivity index (χ3v) is 11.6. The maximum Gasteiger partial charge on any atom is 0.410 e. The van der Waals surface area contributed by atoms with Crippen molar-refractivity contribution in [3.8, 4) is 5.75 Å². The van der Waals surface area contributed by atoms with E-state index in [1.807, 2.05) is 30.4 Å². The van der Waals surface area contributed by atoms with Crippen molar-refractivity contribution in [3.05, 3.63) is 41.5 Å². The van der Waals surface area contributed by atoms with Crippen LogP contribution in [0, 0.1) is 5.92 Å². The lowest BCUT2D eigenvalue weighted by atomic mass is 9.91. The van der Waals surface area contributed by atoms with Crippen LogP contribution in [0.5, 0.6) is 5.75 Å². The summed E-state index contributed by atoms with van der Waals surface area (Å²) in [6.45, 7) is 8.31. The lowest BCUT2D eigenvalue weighted by Gasteiger charge is -2.40.